The first-order valence-electron chi connectivity index (χ1n) is 5.51. The summed E-state index contributed by atoms with van der Waals surface area (Å²) in [6.45, 7) is 1.56. The number of Topliss-reactive ketones (excluding diaryl/α,β-unsaturated/α-hetero) is 1. The average molecular weight is 195 g/mol. The molecule has 3 heteroatoms. The van der Waals surface area contributed by atoms with Gasteiger partial charge in [0, 0.05) is 13.3 Å². The number of carbonyl (C=O) groups is 1. The molecule has 0 spiro atoms. The highest BCUT2D eigenvalue weighted by Crippen LogP contribution is 2.31. The molecule has 1 aliphatic heterocycles. The molecule has 2 aliphatic rings. The van der Waals surface area contributed by atoms with E-state index in [2.05, 4.69) is 5.16 Å². The molecule has 0 aromatic rings. The highest BCUT2D eigenvalue weighted by molar-refractivity contribution is 6.39. The maximum Gasteiger partial charge on any atom is 0.177 e. The van der Waals surface area contributed by atoms with Crippen LogP contribution in [0.5, 0.6) is 0 Å². The van der Waals surface area contributed by atoms with Gasteiger partial charge in [-0.3, -0.25) is 4.79 Å². The molecule has 3 nitrogen and oxygen atoms in total. The molecule has 0 saturated heterocycles. The monoisotopic (exact) mass is 195 g/mol. The molecule has 1 atom stereocenters. The Bertz CT molecular complexity index is 254. The Hall–Kier alpha value is -0.860. The van der Waals surface area contributed by atoms with E-state index in [9.17, 15) is 4.79 Å². The van der Waals surface area contributed by atoms with Crippen molar-refractivity contribution in [2.75, 3.05) is 0 Å². The van der Waals surface area contributed by atoms with Crippen LogP contribution in [0.25, 0.3) is 0 Å². The summed E-state index contributed by atoms with van der Waals surface area (Å²) >= 11 is 0. The van der Waals surface area contributed by atoms with E-state index >= 15 is 0 Å². The molecule has 1 saturated carbocycles. The third-order valence-corrected chi connectivity index (χ3v) is 3.27. The average Bonchev–Trinajstić information content (AvgIpc) is 2.68. The Morgan fingerprint density at radius 1 is 1.36 bits per heavy atom. The summed E-state index contributed by atoms with van der Waals surface area (Å²) in [5.41, 5.74) is 0.626. The zero-order valence-electron chi connectivity index (χ0n) is 8.66. The second-order valence-corrected chi connectivity index (χ2v) is 4.34. The van der Waals surface area contributed by atoms with Crippen molar-refractivity contribution >= 4 is 11.5 Å². The van der Waals surface area contributed by atoms with Gasteiger partial charge in [-0.15, -0.1) is 0 Å². The van der Waals surface area contributed by atoms with Gasteiger partial charge in [0.05, 0.1) is 0 Å². The van der Waals surface area contributed by atoms with Crippen LogP contribution in [0.2, 0.25) is 0 Å². The largest absolute Gasteiger partial charge is 0.391 e. The Morgan fingerprint density at radius 3 is 2.64 bits per heavy atom. The fraction of sp³-hybridized carbons (Fsp3) is 0.818. The van der Waals surface area contributed by atoms with Gasteiger partial charge < -0.3 is 4.84 Å². The highest BCUT2D eigenvalue weighted by atomic mass is 16.6. The fourth-order valence-corrected chi connectivity index (χ4v) is 2.36. The molecule has 0 amide bonds. The molecule has 14 heavy (non-hydrogen) atoms. The van der Waals surface area contributed by atoms with Crippen LogP contribution in [-0.4, -0.2) is 17.6 Å². The topological polar surface area (TPSA) is 38.7 Å². The molecule has 0 aromatic carbocycles. The van der Waals surface area contributed by atoms with E-state index in [1.165, 1.54) is 32.1 Å². The van der Waals surface area contributed by atoms with Gasteiger partial charge in [0.25, 0.3) is 0 Å². The molecule has 1 heterocycles. The molecular weight excluding hydrogens is 178 g/mol. The third-order valence-electron chi connectivity index (χ3n) is 3.27. The van der Waals surface area contributed by atoms with Crippen LogP contribution < -0.4 is 0 Å². The van der Waals surface area contributed by atoms with Crippen LogP contribution in [-0.2, 0) is 9.63 Å². The molecule has 0 unspecified atom stereocenters. The molecule has 2 rings (SSSR count). The maximum atomic E-state index is 11.1. The van der Waals surface area contributed by atoms with E-state index < -0.39 is 0 Å². The maximum absolute atomic E-state index is 11.1. The van der Waals surface area contributed by atoms with Gasteiger partial charge in [-0.2, -0.15) is 0 Å². The Kier molecular flexibility index (Phi) is 2.85. The van der Waals surface area contributed by atoms with Gasteiger partial charge >= 0.3 is 0 Å². The minimum Gasteiger partial charge on any atom is -0.391 e. The second kappa shape index (κ2) is 4.11. The third kappa shape index (κ3) is 1.97. The standard InChI is InChI=1S/C11H17NO2/c1-8(13)10-7-11(14-12-10)9-5-3-2-4-6-9/h9,11H,2-7H2,1H3/t11-/m1/s1. The molecule has 0 aromatic heterocycles. The van der Waals surface area contributed by atoms with Gasteiger partial charge in [-0.05, 0) is 18.8 Å². The lowest BCUT2D eigenvalue weighted by molar-refractivity contribution is -0.111. The summed E-state index contributed by atoms with van der Waals surface area (Å²) in [6.07, 6.45) is 7.37. The number of nitrogens with zero attached hydrogens (tertiary/aromatic N) is 1. The van der Waals surface area contributed by atoms with Crippen molar-refractivity contribution in [3.05, 3.63) is 0 Å². The predicted molar refractivity (Wildman–Crippen MR) is 54.2 cm³/mol. The van der Waals surface area contributed by atoms with Crippen molar-refractivity contribution in [1.29, 1.82) is 0 Å². The van der Waals surface area contributed by atoms with E-state index in [1.807, 2.05) is 0 Å². The van der Waals surface area contributed by atoms with Crippen molar-refractivity contribution in [2.24, 2.45) is 11.1 Å². The Morgan fingerprint density at radius 2 is 2.07 bits per heavy atom. The zero-order valence-corrected chi connectivity index (χ0v) is 8.66. The van der Waals surface area contributed by atoms with E-state index in [1.54, 1.807) is 6.92 Å². The van der Waals surface area contributed by atoms with Crippen LogP contribution in [0.4, 0.5) is 0 Å². The minimum atomic E-state index is 0.0586. The molecule has 1 aliphatic carbocycles. The lowest BCUT2D eigenvalue weighted by atomic mass is 9.83. The quantitative estimate of drug-likeness (QED) is 0.678. The molecular formula is C11H17NO2. The van der Waals surface area contributed by atoms with Gasteiger partial charge in [-0.1, -0.05) is 24.4 Å². The molecule has 0 radical (unpaired) electrons. The number of carbonyl (C=O) groups excluding carboxylic acids is 1. The Labute approximate surface area is 84.5 Å². The lowest BCUT2D eigenvalue weighted by Crippen LogP contribution is -2.24. The smallest absolute Gasteiger partial charge is 0.177 e. The second-order valence-electron chi connectivity index (χ2n) is 4.34. The van der Waals surface area contributed by atoms with Gasteiger partial charge in [0.15, 0.2) is 5.78 Å². The number of hydrogen-bond acceptors (Lipinski definition) is 3. The van der Waals surface area contributed by atoms with Crippen LogP contribution in [0.15, 0.2) is 5.16 Å². The van der Waals surface area contributed by atoms with Gasteiger partial charge in [0.2, 0.25) is 0 Å². The summed E-state index contributed by atoms with van der Waals surface area (Å²) in [7, 11) is 0. The summed E-state index contributed by atoms with van der Waals surface area (Å²) in [6, 6.07) is 0. The van der Waals surface area contributed by atoms with Gasteiger partial charge in [0.1, 0.15) is 11.8 Å². The normalized spacial score (nSPS) is 28.4. The number of rotatable bonds is 2. The Balaban J connectivity index is 1.87. The molecule has 0 bridgehead atoms. The molecule has 1 fully saturated rings. The summed E-state index contributed by atoms with van der Waals surface area (Å²) < 4.78 is 0. The van der Waals surface area contributed by atoms with Gasteiger partial charge in [-0.25, -0.2) is 0 Å². The number of ketones is 1. The number of hydrogen-bond donors (Lipinski definition) is 0. The molecule has 0 N–H and O–H groups in total. The first-order chi connectivity index (χ1) is 6.77. The number of oxime groups is 1. The van der Waals surface area contributed by atoms with Crippen LogP contribution in [0, 0.1) is 5.92 Å². The van der Waals surface area contributed by atoms with E-state index in [-0.39, 0.29) is 11.9 Å². The van der Waals surface area contributed by atoms with Crippen molar-refractivity contribution in [2.45, 2.75) is 51.6 Å². The van der Waals surface area contributed by atoms with E-state index in [4.69, 9.17) is 4.84 Å². The summed E-state index contributed by atoms with van der Waals surface area (Å²) in [4.78, 5) is 16.4. The van der Waals surface area contributed by atoms with Crippen molar-refractivity contribution in [3.8, 4) is 0 Å². The highest BCUT2D eigenvalue weighted by Gasteiger charge is 2.31. The van der Waals surface area contributed by atoms with Crippen molar-refractivity contribution in [3.63, 3.8) is 0 Å². The predicted octanol–water partition coefficient (Wildman–Crippen LogP) is 2.30. The van der Waals surface area contributed by atoms with E-state index in [0.717, 1.165) is 6.42 Å². The van der Waals surface area contributed by atoms with Crippen molar-refractivity contribution in [1.82, 2.24) is 0 Å². The zero-order chi connectivity index (χ0) is 9.97. The SMILES string of the molecule is CC(=O)C1=NO[C@@H](C2CCCCC2)C1. The fourth-order valence-electron chi connectivity index (χ4n) is 2.36. The van der Waals surface area contributed by atoms with Crippen molar-refractivity contribution < 1.29 is 9.63 Å². The van der Waals surface area contributed by atoms with Crippen LogP contribution in [0.3, 0.4) is 0 Å². The van der Waals surface area contributed by atoms with Crippen LogP contribution in [0.1, 0.15) is 45.4 Å². The van der Waals surface area contributed by atoms with Crippen LogP contribution >= 0.6 is 0 Å². The lowest BCUT2D eigenvalue weighted by Gasteiger charge is -2.25. The molecule has 78 valence electrons. The first kappa shape index (κ1) is 9.69. The summed E-state index contributed by atoms with van der Waals surface area (Å²) in [5.74, 6) is 0.688. The van der Waals surface area contributed by atoms with E-state index in [0.29, 0.717) is 11.6 Å². The first-order valence-corrected chi connectivity index (χ1v) is 5.51. The summed E-state index contributed by atoms with van der Waals surface area (Å²) in [5, 5.41) is 3.86. The minimum absolute atomic E-state index is 0.0586.